The highest BCUT2D eigenvalue weighted by Crippen LogP contribution is 2.44. The maximum atomic E-state index is 3.92. The molecule has 2 heteroatoms. The van der Waals surface area contributed by atoms with E-state index >= 15 is 0 Å². The van der Waals surface area contributed by atoms with Crippen molar-refractivity contribution in [3.8, 4) is 22.3 Å². The van der Waals surface area contributed by atoms with Crippen LogP contribution in [0.1, 0.15) is 0 Å². The predicted octanol–water partition coefficient (Wildman–Crippen LogP) is 11.4. The molecular formula is C38H25NS. The van der Waals surface area contributed by atoms with Crippen molar-refractivity contribution in [1.29, 1.82) is 0 Å². The number of anilines is 2. The Morgan fingerprint density at radius 2 is 0.975 bits per heavy atom. The molecule has 8 aromatic rings. The summed E-state index contributed by atoms with van der Waals surface area (Å²) < 4.78 is 2.65. The summed E-state index contributed by atoms with van der Waals surface area (Å²) in [6.45, 7) is 0. The first kappa shape index (κ1) is 23.0. The summed E-state index contributed by atoms with van der Waals surface area (Å²) in [5, 5.41) is 11.5. The molecule has 0 amide bonds. The van der Waals surface area contributed by atoms with Gasteiger partial charge in [-0.05, 0) is 51.7 Å². The lowest BCUT2D eigenvalue weighted by atomic mass is 9.90. The van der Waals surface area contributed by atoms with Crippen LogP contribution in [0, 0.1) is 0 Å². The molecule has 1 heterocycles. The van der Waals surface area contributed by atoms with E-state index in [0.29, 0.717) is 0 Å². The number of benzene rings is 7. The molecule has 0 radical (unpaired) electrons. The van der Waals surface area contributed by atoms with E-state index in [2.05, 4.69) is 151 Å². The Morgan fingerprint density at radius 1 is 0.400 bits per heavy atom. The number of fused-ring (bicyclic) bond motifs is 5. The van der Waals surface area contributed by atoms with Crippen molar-refractivity contribution in [1.82, 2.24) is 0 Å². The quantitative estimate of drug-likeness (QED) is 0.224. The maximum absolute atomic E-state index is 3.92. The first-order valence-electron chi connectivity index (χ1n) is 13.6. The minimum atomic E-state index is 1.10. The number of thiophene rings is 1. The first-order valence-corrected chi connectivity index (χ1v) is 14.4. The van der Waals surface area contributed by atoms with E-state index < -0.39 is 0 Å². The average Bonchev–Trinajstić information content (AvgIpc) is 3.40. The van der Waals surface area contributed by atoms with E-state index in [4.69, 9.17) is 0 Å². The summed E-state index contributed by atoms with van der Waals surface area (Å²) in [4.78, 5) is 0. The molecule has 0 atom stereocenters. The van der Waals surface area contributed by atoms with E-state index in [1.165, 1.54) is 64.0 Å². The summed E-state index contributed by atoms with van der Waals surface area (Å²) in [6, 6.07) is 52.5. The Kier molecular flexibility index (Phi) is 5.39. The van der Waals surface area contributed by atoms with Crippen LogP contribution >= 0.6 is 11.3 Å². The van der Waals surface area contributed by atoms with Gasteiger partial charge in [-0.25, -0.2) is 0 Å². The zero-order chi connectivity index (χ0) is 26.5. The van der Waals surface area contributed by atoms with Gasteiger partial charge in [0.25, 0.3) is 0 Å². The summed E-state index contributed by atoms with van der Waals surface area (Å²) >= 11 is 1.86. The highest BCUT2D eigenvalue weighted by molar-refractivity contribution is 7.25. The fourth-order valence-corrected chi connectivity index (χ4v) is 7.14. The van der Waals surface area contributed by atoms with Crippen LogP contribution < -0.4 is 5.32 Å². The normalized spacial score (nSPS) is 11.5. The Bertz CT molecular complexity index is 2130. The van der Waals surface area contributed by atoms with Crippen molar-refractivity contribution in [3.05, 3.63) is 146 Å². The SMILES string of the molecule is c1ccc(-c2c3ccccc3c(Nc3ccccc3-c3ccc4sc5ccccc5c4c3)c3ccccc23)cc1. The van der Waals surface area contributed by atoms with E-state index in [-0.39, 0.29) is 0 Å². The third-order valence-electron chi connectivity index (χ3n) is 7.87. The highest BCUT2D eigenvalue weighted by atomic mass is 32.1. The molecule has 7 aromatic carbocycles. The average molecular weight is 528 g/mol. The molecule has 188 valence electrons. The monoisotopic (exact) mass is 527 g/mol. The second kappa shape index (κ2) is 9.37. The fraction of sp³-hybridized carbons (Fsp3) is 0. The van der Waals surface area contributed by atoms with Crippen LogP contribution in [0.5, 0.6) is 0 Å². The summed E-state index contributed by atoms with van der Waals surface area (Å²) in [7, 11) is 0. The summed E-state index contributed by atoms with van der Waals surface area (Å²) in [5.41, 5.74) is 7.16. The molecule has 0 aliphatic heterocycles. The van der Waals surface area contributed by atoms with E-state index in [0.717, 1.165) is 11.4 Å². The number of nitrogens with one attached hydrogen (secondary N) is 1. The van der Waals surface area contributed by atoms with Gasteiger partial charge >= 0.3 is 0 Å². The zero-order valence-corrected chi connectivity index (χ0v) is 22.6. The number of hydrogen-bond donors (Lipinski definition) is 1. The van der Waals surface area contributed by atoms with Gasteiger partial charge in [-0.2, -0.15) is 0 Å². The van der Waals surface area contributed by atoms with Crippen LogP contribution in [0.3, 0.4) is 0 Å². The Balaban J connectivity index is 1.34. The third-order valence-corrected chi connectivity index (χ3v) is 9.02. The van der Waals surface area contributed by atoms with Crippen LogP contribution in [0.2, 0.25) is 0 Å². The van der Waals surface area contributed by atoms with Crippen molar-refractivity contribution in [2.24, 2.45) is 0 Å². The van der Waals surface area contributed by atoms with Crippen LogP contribution in [0.15, 0.2) is 146 Å². The van der Waals surface area contributed by atoms with E-state index in [1.807, 2.05) is 11.3 Å². The summed E-state index contributed by atoms with van der Waals surface area (Å²) in [6.07, 6.45) is 0. The molecule has 0 saturated carbocycles. The number of para-hydroxylation sites is 1. The molecule has 0 spiro atoms. The van der Waals surface area contributed by atoms with E-state index in [1.54, 1.807) is 0 Å². The lowest BCUT2D eigenvalue weighted by molar-refractivity contribution is 1.57. The van der Waals surface area contributed by atoms with E-state index in [9.17, 15) is 0 Å². The van der Waals surface area contributed by atoms with Crippen LogP contribution in [0.25, 0.3) is 64.0 Å². The molecular weight excluding hydrogens is 502 g/mol. The lowest BCUT2D eigenvalue weighted by Crippen LogP contribution is -1.97. The minimum Gasteiger partial charge on any atom is -0.354 e. The molecule has 0 aliphatic rings. The first-order chi connectivity index (χ1) is 19.8. The molecule has 0 aliphatic carbocycles. The van der Waals surface area contributed by atoms with Gasteiger partial charge in [-0.1, -0.05) is 121 Å². The van der Waals surface area contributed by atoms with Crippen LogP contribution in [-0.2, 0) is 0 Å². The molecule has 1 N–H and O–H groups in total. The van der Waals surface area contributed by atoms with Crippen LogP contribution in [-0.4, -0.2) is 0 Å². The van der Waals surface area contributed by atoms with Gasteiger partial charge in [0.1, 0.15) is 0 Å². The van der Waals surface area contributed by atoms with Crippen molar-refractivity contribution in [2.45, 2.75) is 0 Å². The van der Waals surface area contributed by atoms with Crippen molar-refractivity contribution < 1.29 is 0 Å². The number of rotatable bonds is 4. The van der Waals surface area contributed by atoms with Gasteiger partial charge < -0.3 is 5.32 Å². The lowest BCUT2D eigenvalue weighted by Gasteiger charge is -2.20. The topological polar surface area (TPSA) is 12.0 Å². The smallest absolute Gasteiger partial charge is 0.0544 e. The van der Waals surface area contributed by atoms with Gasteiger partial charge in [-0.15, -0.1) is 11.3 Å². The third kappa shape index (κ3) is 3.69. The van der Waals surface area contributed by atoms with Crippen molar-refractivity contribution >= 4 is 64.4 Å². The maximum Gasteiger partial charge on any atom is 0.0544 e. The molecule has 0 unspecified atom stereocenters. The zero-order valence-electron chi connectivity index (χ0n) is 21.8. The Morgan fingerprint density at radius 3 is 1.73 bits per heavy atom. The van der Waals surface area contributed by atoms with Crippen molar-refractivity contribution in [2.75, 3.05) is 5.32 Å². The predicted molar refractivity (Wildman–Crippen MR) is 175 cm³/mol. The summed E-state index contributed by atoms with van der Waals surface area (Å²) in [5.74, 6) is 0. The van der Waals surface area contributed by atoms with Gasteiger partial charge in [0.2, 0.25) is 0 Å². The molecule has 0 saturated heterocycles. The van der Waals surface area contributed by atoms with Gasteiger partial charge in [-0.3, -0.25) is 0 Å². The standard InChI is InChI=1S/C38H25NS/c1-2-12-25(13-3-1)37-29-16-4-6-18-31(29)38(32-19-7-5-17-30(32)37)39-34-20-10-8-14-27(34)26-22-23-36-33(24-26)28-15-9-11-21-35(28)40-36/h1-24,39H. The Hall–Kier alpha value is -4.92. The van der Waals surface area contributed by atoms with Crippen molar-refractivity contribution in [3.63, 3.8) is 0 Å². The highest BCUT2D eigenvalue weighted by Gasteiger charge is 2.16. The number of hydrogen-bond acceptors (Lipinski definition) is 2. The second-order valence-corrected chi connectivity index (χ2v) is 11.3. The molecule has 40 heavy (non-hydrogen) atoms. The van der Waals surface area contributed by atoms with Gasteiger partial charge in [0, 0.05) is 42.2 Å². The fourth-order valence-electron chi connectivity index (χ4n) is 6.05. The Labute approximate surface area is 237 Å². The second-order valence-electron chi connectivity index (χ2n) is 10.2. The molecule has 0 fully saturated rings. The largest absolute Gasteiger partial charge is 0.354 e. The molecule has 8 rings (SSSR count). The van der Waals surface area contributed by atoms with Crippen LogP contribution in [0.4, 0.5) is 11.4 Å². The van der Waals surface area contributed by atoms with Gasteiger partial charge in [0.05, 0.1) is 5.69 Å². The molecule has 1 aromatic heterocycles. The molecule has 0 bridgehead atoms. The minimum absolute atomic E-state index is 1.10. The molecule has 1 nitrogen and oxygen atoms in total. The van der Waals surface area contributed by atoms with Gasteiger partial charge in [0.15, 0.2) is 0 Å².